The lowest BCUT2D eigenvalue weighted by atomic mass is 10.2. The lowest BCUT2D eigenvalue weighted by Crippen LogP contribution is -2.44. The van der Waals surface area contributed by atoms with E-state index in [1.54, 1.807) is 11.9 Å². The number of amides is 1. The van der Waals surface area contributed by atoms with Crippen LogP contribution in [-0.4, -0.2) is 68.5 Å². The Morgan fingerprint density at radius 1 is 1.37 bits per heavy atom. The Morgan fingerprint density at radius 3 is 2.81 bits per heavy atom. The molecule has 152 valence electrons. The third-order valence-corrected chi connectivity index (χ3v) is 4.81. The summed E-state index contributed by atoms with van der Waals surface area (Å²) in [5.74, 6) is 0.988. The molecule has 0 radical (unpaired) electrons. The predicted molar refractivity (Wildman–Crippen MR) is 123 cm³/mol. The number of carbonyl (C=O) groups excluding carboxylic acids is 1. The molecule has 0 bridgehead atoms. The van der Waals surface area contributed by atoms with E-state index in [9.17, 15) is 4.79 Å². The third kappa shape index (κ3) is 7.83. The van der Waals surface area contributed by atoms with E-state index in [0.29, 0.717) is 6.54 Å². The minimum atomic E-state index is 0. The molecule has 8 heteroatoms. The van der Waals surface area contributed by atoms with Gasteiger partial charge in [-0.3, -0.25) is 14.7 Å². The van der Waals surface area contributed by atoms with Gasteiger partial charge in [-0.05, 0) is 43.5 Å². The molecule has 2 rings (SSSR count). The summed E-state index contributed by atoms with van der Waals surface area (Å²) in [6, 6.07) is 7.82. The van der Waals surface area contributed by atoms with Crippen LogP contribution in [0.5, 0.6) is 0 Å². The van der Waals surface area contributed by atoms with E-state index in [1.807, 2.05) is 38.4 Å². The molecule has 0 saturated carbocycles. The minimum Gasteiger partial charge on any atom is -0.356 e. The van der Waals surface area contributed by atoms with E-state index in [0.717, 1.165) is 55.4 Å². The monoisotopic (exact) mass is 507 g/mol. The second-order valence-electron chi connectivity index (χ2n) is 6.76. The average Bonchev–Trinajstić information content (AvgIpc) is 3.08. The van der Waals surface area contributed by atoms with Crippen molar-refractivity contribution in [1.29, 1.82) is 0 Å². The summed E-state index contributed by atoms with van der Waals surface area (Å²) in [5.41, 5.74) is 1.11. The van der Waals surface area contributed by atoms with Crippen molar-refractivity contribution in [3.05, 3.63) is 34.9 Å². The van der Waals surface area contributed by atoms with Gasteiger partial charge in [-0.1, -0.05) is 23.7 Å². The molecule has 1 aliphatic rings. The van der Waals surface area contributed by atoms with Crippen LogP contribution >= 0.6 is 35.6 Å². The average molecular weight is 508 g/mol. The fraction of sp³-hybridized carbons (Fsp3) is 0.579. The Morgan fingerprint density at radius 2 is 2.15 bits per heavy atom. The molecule has 0 aromatic heterocycles. The topological polar surface area (TPSA) is 60.0 Å². The van der Waals surface area contributed by atoms with Crippen LogP contribution in [0.25, 0.3) is 0 Å². The molecule has 1 amide bonds. The maximum Gasteiger partial charge on any atom is 0.239 e. The van der Waals surface area contributed by atoms with Gasteiger partial charge < -0.3 is 15.5 Å². The number of halogens is 2. The Bertz CT molecular complexity index is 626. The number of nitrogens with zero attached hydrogens (tertiary/aromatic N) is 3. The van der Waals surface area contributed by atoms with Gasteiger partial charge in [-0.25, -0.2) is 0 Å². The highest BCUT2D eigenvalue weighted by Gasteiger charge is 2.30. The van der Waals surface area contributed by atoms with E-state index in [-0.39, 0.29) is 35.9 Å². The number of rotatable bonds is 7. The first kappa shape index (κ1) is 24.0. The summed E-state index contributed by atoms with van der Waals surface area (Å²) in [6.45, 7) is 3.41. The van der Waals surface area contributed by atoms with Crippen molar-refractivity contribution in [2.24, 2.45) is 4.99 Å². The lowest BCUT2D eigenvalue weighted by Gasteiger charge is -2.26. The number of aliphatic imine (C=N–C) groups is 1. The Hall–Kier alpha value is -1.06. The molecule has 1 aromatic rings. The smallest absolute Gasteiger partial charge is 0.239 e. The van der Waals surface area contributed by atoms with Crippen LogP contribution in [-0.2, 0) is 11.3 Å². The van der Waals surface area contributed by atoms with E-state index in [1.165, 1.54) is 0 Å². The van der Waals surface area contributed by atoms with Gasteiger partial charge in [-0.15, -0.1) is 24.0 Å². The number of carbonyl (C=O) groups is 1. The SMILES string of the molecule is CN=C(NCCCN1CCCC1C(=O)N(C)C)NCc1cccc(Cl)c1.I. The first-order chi connectivity index (χ1) is 12.5. The molecule has 1 unspecified atom stereocenters. The zero-order chi connectivity index (χ0) is 18.9. The molecule has 6 nitrogen and oxygen atoms in total. The highest BCUT2D eigenvalue weighted by molar-refractivity contribution is 14.0. The van der Waals surface area contributed by atoms with E-state index in [2.05, 4.69) is 20.5 Å². The molecule has 1 aliphatic heterocycles. The van der Waals surface area contributed by atoms with E-state index in [4.69, 9.17) is 11.6 Å². The maximum absolute atomic E-state index is 12.2. The minimum absolute atomic E-state index is 0. The highest BCUT2D eigenvalue weighted by atomic mass is 127. The summed E-state index contributed by atoms with van der Waals surface area (Å²) >= 11 is 6.01. The maximum atomic E-state index is 12.2. The normalized spacial score (nSPS) is 17.3. The number of benzene rings is 1. The van der Waals surface area contributed by atoms with Crippen LogP contribution in [0.15, 0.2) is 29.3 Å². The molecule has 1 atom stereocenters. The van der Waals surface area contributed by atoms with Crippen LogP contribution in [0, 0.1) is 0 Å². The van der Waals surface area contributed by atoms with Gasteiger partial charge in [0.1, 0.15) is 0 Å². The zero-order valence-corrected chi connectivity index (χ0v) is 19.5. The second-order valence-corrected chi connectivity index (χ2v) is 7.20. The highest BCUT2D eigenvalue weighted by Crippen LogP contribution is 2.18. The standard InChI is InChI=1S/C19H30ClN5O.HI/c1-21-19(23-14-15-7-4-8-16(20)13-15)22-10-6-12-25-11-5-9-17(25)18(26)24(2)3;/h4,7-8,13,17H,5-6,9-12,14H2,1-3H3,(H2,21,22,23);1H. The zero-order valence-electron chi connectivity index (χ0n) is 16.4. The van der Waals surface area contributed by atoms with Gasteiger partial charge in [-0.2, -0.15) is 0 Å². The van der Waals surface area contributed by atoms with Gasteiger partial charge in [0.25, 0.3) is 0 Å². The van der Waals surface area contributed by atoms with Crippen molar-refractivity contribution in [2.45, 2.75) is 31.8 Å². The van der Waals surface area contributed by atoms with E-state index < -0.39 is 0 Å². The molecule has 1 heterocycles. The predicted octanol–water partition coefficient (Wildman–Crippen LogP) is 2.57. The number of likely N-dealkylation sites (tertiary alicyclic amines) is 1. The summed E-state index contributed by atoms with van der Waals surface area (Å²) < 4.78 is 0. The van der Waals surface area contributed by atoms with Crippen LogP contribution in [0.1, 0.15) is 24.8 Å². The number of likely N-dealkylation sites (N-methyl/N-ethyl adjacent to an activating group) is 1. The Kier molecular flexibility index (Phi) is 11.0. The van der Waals surface area contributed by atoms with Crippen LogP contribution in [0.4, 0.5) is 0 Å². The molecule has 0 aliphatic carbocycles. The van der Waals surface area contributed by atoms with Crippen molar-refractivity contribution in [2.75, 3.05) is 40.8 Å². The fourth-order valence-corrected chi connectivity index (χ4v) is 3.43. The Balaban J connectivity index is 0.00000364. The van der Waals surface area contributed by atoms with Gasteiger partial charge in [0.05, 0.1) is 6.04 Å². The lowest BCUT2D eigenvalue weighted by molar-refractivity contribution is -0.133. The summed E-state index contributed by atoms with van der Waals surface area (Å²) in [4.78, 5) is 20.5. The van der Waals surface area contributed by atoms with Gasteiger partial charge in [0.15, 0.2) is 5.96 Å². The summed E-state index contributed by atoms with van der Waals surface area (Å²) in [6.07, 6.45) is 3.03. The fourth-order valence-electron chi connectivity index (χ4n) is 3.21. The number of hydrogen-bond acceptors (Lipinski definition) is 3. The molecular weight excluding hydrogens is 477 g/mol. The van der Waals surface area contributed by atoms with Crippen molar-refractivity contribution >= 4 is 47.4 Å². The van der Waals surface area contributed by atoms with Crippen molar-refractivity contribution in [3.63, 3.8) is 0 Å². The second kappa shape index (κ2) is 12.4. The van der Waals surface area contributed by atoms with Crippen LogP contribution in [0.3, 0.4) is 0 Å². The summed E-state index contributed by atoms with van der Waals surface area (Å²) in [5, 5.41) is 7.35. The number of hydrogen-bond donors (Lipinski definition) is 2. The molecule has 1 saturated heterocycles. The first-order valence-electron chi connectivity index (χ1n) is 9.15. The van der Waals surface area contributed by atoms with Gasteiger partial charge in [0.2, 0.25) is 5.91 Å². The number of nitrogens with one attached hydrogen (secondary N) is 2. The van der Waals surface area contributed by atoms with Crippen molar-refractivity contribution in [3.8, 4) is 0 Å². The molecule has 0 spiro atoms. The van der Waals surface area contributed by atoms with E-state index >= 15 is 0 Å². The number of guanidine groups is 1. The first-order valence-corrected chi connectivity index (χ1v) is 9.53. The molecule has 27 heavy (non-hydrogen) atoms. The summed E-state index contributed by atoms with van der Waals surface area (Å²) in [7, 11) is 5.42. The molecular formula is C19H31ClIN5O. The van der Waals surface area contributed by atoms with Gasteiger partial charge >= 0.3 is 0 Å². The quantitative estimate of drug-likeness (QED) is 0.258. The van der Waals surface area contributed by atoms with Crippen molar-refractivity contribution < 1.29 is 4.79 Å². The van der Waals surface area contributed by atoms with Crippen LogP contribution in [0.2, 0.25) is 5.02 Å². The molecule has 1 aromatic carbocycles. The third-order valence-electron chi connectivity index (χ3n) is 4.58. The van der Waals surface area contributed by atoms with Gasteiger partial charge in [0, 0.05) is 45.8 Å². The van der Waals surface area contributed by atoms with Crippen LogP contribution < -0.4 is 10.6 Å². The largest absolute Gasteiger partial charge is 0.356 e. The molecule has 1 fully saturated rings. The van der Waals surface area contributed by atoms with Crippen molar-refractivity contribution in [1.82, 2.24) is 20.4 Å². The molecule has 2 N–H and O–H groups in total. The Labute approximate surface area is 184 Å².